The van der Waals surface area contributed by atoms with Gasteiger partial charge in [-0.15, -0.1) is 0 Å². The van der Waals surface area contributed by atoms with E-state index in [0.717, 1.165) is 22.1 Å². The van der Waals surface area contributed by atoms with Gasteiger partial charge in [0.25, 0.3) is 0 Å². The molecule has 138 valence electrons. The van der Waals surface area contributed by atoms with Crippen LogP contribution in [0.5, 0.6) is 11.5 Å². The number of aromatic hydroxyl groups is 2. The first-order valence-electron chi connectivity index (χ1n) is 8.52. The zero-order valence-electron chi connectivity index (χ0n) is 14.9. The highest BCUT2D eigenvalue weighted by molar-refractivity contribution is 5.73. The average Bonchev–Trinajstić information content (AvgIpc) is 2.77. The topological polar surface area (TPSA) is 92.0 Å². The van der Waals surface area contributed by atoms with Gasteiger partial charge in [-0.25, -0.2) is 0 Å². The predicted molar refractivity (Wildman–Crippen MR) is 109 cm³/mol. The summed E-state index contributed by atoms with van der Waals surface area (Å²) in [6.45, 7) is 0. The Kier molecular flexibility index (Phi) is 6.41. The molecule has 0 spiro atoms. The zero-order chi connectivity index (χ0) is 19.6. The van der Waals surface area contributed by atoms with E-state index in [9.17, 15) is 0 Å². The third-order valence-corrected chi connectivity index (χ3v) is 3.60. The number of aromatic nitrogens is 4. The zero-order valence-corrected chi connectivity index (χ0v) is 14.9. The molecule has 0 amide bonds. The maximum absolute atomic E-state index is 8.65. The molecule has 2 aromatic heterocycles. The van der Waals surface area contributed by atoms with Crippen molar-refractivity contribution in [1.29, 1.82) is 0 Å². The molecule has 0 atom stereocenters. The van der Waals surface area contributed by atoms with Crippen LogP contribution in [0.3, 0.4) is 0 Å². The lowest BCUT2D eigenvalue weighted by Gasteiger charge is -1.90. The maximum atomic E-state index is 8.65. The highest BCUT2D eigenvalue weighted by atomic mass is 16.3. The number of hydrogen-bond donors (Lipinski definition) is 2. The van der Waals surface area contributed by atoms with Crippen LogP contribution in [-0.2, 0) is 0 Å². The number of fused-ring (bicyclic) bond motifs is 2. The summed E-state index contributed by atoms with van der Waals surface area (Å²) in [5.41, 5.74) is 3.80. The summed E-state index contributed by atoms with van der Waals surface area (Å²) in [5.74, 6) is 0.339. The normalized spacial score (nSPS) is 9.71. The maximum Gasteiger partial charge on any atom is 0.115 e. The molecule has 0 radical (unpaired) electrons. The molecule has 0 saturated carbocycles. The van der Waals surface area contributed by atoms with Crippen LogP contribution in [0.15, 0.2) is 97.6 Å². The molecule has 6 nitrogen and oxygen atoms in total. The number of para-hydroxylation sites is 4. The minimum absolute atomic E-state index is 0.169. The second-order valence-corrected chi connectivity index (χ2v) is 5.61. The summed E-state index contributed by atoms with van der Waals surface area (Å²) in [5, 5.41) is 17.3. The largest absolute Gasteiger partial charge is 0.508 e. The minimum atomic E-state index is 0.169. The average molecular weight is 370 g/mol. The molecule has 0 unspecified atom stereocenters. The molecular weight excluding hydrogens is 352 g/mol. The molecular formula is C22H18N4O2. The fourth-order valence-corrected chi connectivity index (χ4v) is 2.27. The molecule has 28 heavy (non-hydrogen) atoms. The first-order valence-corrected chi connectivity index (χ1v) is 8.52. The van der Waals surface area contributed by atoms with E-state index in [-0.39, 0.29) is 11.5 Å². The summed E-state index contributed by atoms with van der Waals surface area (Å²) in [4.78, 5) is 16.5. The highest BCUT2D eigenvalue weighted by Gasteiger charge is 1.89. The van der Waals surface area contributed by atoms with E-state index < -0.39 is 0 Å². The number of rotatable bonds is 0. The van der Waals surface area contributed by atoms with Crippen LogP contribution in [-0.4, -0.2) is 30.1 Å². The summed E-state index contributed by atoms with van der Waals surface area (Å²) in [7, 11) is 0. The molecule has 0 aliphatic carbocycles. The summed E-state index contributed by atoms with van der Waals surface area (Å²) >= 11 is 0. The molecule has 5 aromatic rings. The number of nitrogens with zero attached hydrogens (tertiary/aromatic N) is 4. The summed E-state index contributed by atoms with van der Waals surface area (Å²) < 4.78 is 0. The number of hydrogen-bond acceptors (Lipinski definition) is 6. The molecule has 0 bridgehead atoms. The van der Waals surface area contributed by atoms with Gasteiger partial charge in [-0.1, -0.05) is 24.3 Å². The monoisotopic (exact) mass is 370 g/mol. The van der Waals surface area contributed by atoms with E-state index in [2.05, 4.69) is 19.9 Å². The van der Waals surface area contributed by atoms with Gasteiger partial charge in [0.15, 0.2) is 0 Å². The minimum Gasteiger partial charge on any atom is -0.508 e. The Balaban J connectivity index is 0.000000122. The summed E-state index contributed by atoms with van der Waals surface area (Å²) in [6.07, 6.45) is 6.79. The molecule has 0 saturated heterocycles. The van der Waals surface area contributed by atoms with Gasteiger partial charge in [0.05, 0.1) is 22.1 Å². The molecule has 6 heteroatoms. The first-order chi connectivity index (χ1) is 13.7. The Morgan fingerprint density at radius 3 is 0.893 bits per heavy atom. The number of benzene rings is 3. The van der Waals surface area contributed by atoms with E-state index in [1.54, 1.807) is 24.8 Å². The van der Waals surface area contributed by atoms with E-state index in [1.165, 1.54) is 24.3 Å². The van der Waals surface area contributed by atoms with E-state index >= 15 is 0 Å². The van der Waals surface area contributed by atoms with E-state index in [4.69, 9.17) is 10.2 Å². The predicted octanol–water partition coefficient (Wildman–Crippen LogP) is 4.36. The van der Waals surface area contributed by atoms with Crippen molar-refractivity contribution < 1.29 is 10.2 Å². The van der Waals surface area contributed by atoms with Gasteiger partial charge in [-0.05, 0) is 48.5 Å². The molecule has 0 aliphatic heterocycles. The highest BCUT2D eigenvalue weighted by Crippen LogP contribution is 2.13. The van der Waals surface area contributed by atoms with Crippen molar-refractivity contribution in [3.05, 3.63) is 97.6 Å². The third-order valence-electron chi connectivity index (χ3n) is 3.60. The van der Waals surface area contributed by atoms with Crippen LogP contribution >= 0.6 is 0 Å². The lowest BCUT2D eigenvalue weighted by Crippen LogP contribution is -1.78. The van der Waals surface area contributed by atoms with Gasteiger partial charge in [0, 0.05) is 24.8 Å². The van der Waals surface area contributed by atoms with Gasteiger partial charge in [-0.2, -0.15) is 0 Å². The Morgan fingerprint density at radius 1 is 0.393 bits per heavy atom. The van der Waals surface area contributed by atoms with Crippen molar-refractivity contribution in [2.75, 3.05) is 0 Å². The second-order valence-electron chi connectivity index (χ2n) is 5.61. The Bertz CT molecular complexity index is 925. The fourth-order valence-electron chi connectivity index (χ4n) is 2.27. The van der Waals surface area contributed by atoms with Crippen LogP contribution in [0.25, 0.3) is 22.1 Å². The van der Waals surface area contributed by atoms with Crippen molar-refractivity contribution in [2.45, 2.75) is 0 Å². The van der Waals surface area contributed by atoms with E-state index in [1.807, 2.05) is 48.5 Å². The molecule has 0 aliphatic rings. The fraction of sp³-hybridized carbons (Fsp3) is 0. The Morgan fingerprint density at radius 2 is 0.643 bits per heavy atom. The Labute approximate surface area is 161 Å². The van der Waals surface area contributed by atoms with Gasteiger partial charge in [0.2, 0.25) is 0 Å². The van der Waals surface area contributed by atoms with Crippen LogP contribution in [0, 0.1) is 0 Å². The second kappa shape index (κ2) is 9.59. The molecule has 2 heterocycles. The SMILES string of the molecule is Oc1ccc(O)cc1.c1ccc2nccnc2c1.c1ccc2nccnc2c1. The van der Waals surface area contributed by atoms with Crippen LogP contribution in [0.2, 0.25) is 0 Å². The smallest absolute Gasteiger partial charge is 0.115 e. The third kappa shape index (κ3) is 5.47. The lowest BCUT2D eigenvalue weighted by molar-refractivity contribution is 0.460. The van der Waals surface area contributed by atoms with Crippen molar-refractivity contribution in [3.63, 3.8) is 0 Å². The van der Waals surface area contributed by atoms with Gasteiger partial charge in [0.1, 0.15) is 11.5 Å². The quantitative estimate of drug-likeness (QED) is 0.394. The van der Waals surface area contributed by atoms with Crippen molar-refractivity contribution in [3.8, 4) is 11.5 Å². The molecule has 0 fully saturated rings. The number of phenols is 2. The molecule has 5 rings (SSSR count). The van der Waals surface area contributed by atoms with Crippen molar-refractivity contribution >= 4 is 22.1 Å². The summed E-state index contributed by atoms with van der Waals surface area (Å²) in [6, 6.07) is 21.3. The van der Waals surface area contributed by atoms with Gasteiger partial charge < -0.3 is 10.2 Å². The number of phenolic OH excluding ortho intramolecular Hbond substituents is 2. The Hall–Kier alpha value is -4.06. The van der Waals surface area contributed by atoms with Crippen LogP contribution < -0.4 is 0 Å². The molecule has 3 aromatic carbocycles. The standard InChI is InChI=1S/2C8H6N2.C6H6O2/c2*1-2-4-8-7(3-1)9-5-6-10-8;7-5-1-2-6(8)4-3-5/h2*1-6H;1-4,7-8H. The molecule has 2 N–H and O–H groups in total. The van der Waals surface area contributed by atoms with Crippen molar-refractivity contribution in [1.82, 2.24) is 19.9 Å². The van der Waals surface area contributed by atoms with Gasteiger partial charge in [-0.3, -0.25) is 19.9 Å². The first kappa shape index (κ1) is 18.7. The lowest BCUT2D eigenvalue weighted by atomic mass is 10.3. The van der Waals surface area contributed by atoms with E-state index in [0.29, 0.717) is 0 Å². The van der Waals surface area contributed by atoms with Gasteiger partial charge >= 0.3 is 0 Å². The van der Waals surface area contributed by atoms with Crippen LogP contribution in [0.1, 0.15) is 0 Å². The van der Waals surface area contributed by atoms with Crippen molar-refractivity contribution in [2.24, 2.45) is 0 Å². The van der Waals surface area contributed by atoms with Crippen LogP contribution in [0.4, 0.5) is 0 Å².